The summed E-state index contributed by atoms with van der Waals surface area (Å²) in [6.45, 7) is 6.02. The van der Waals surface area contributed by atoms with Crippen LogP contribution in [0.2, 0.25) is 0 Å². The number of carbonyl (C=O) groups excluding carboxylic acids is 1. The molecular weight excluding hydrogens is 322 g/mol. The van der Waals surface area contributed by atoms with Gasteiger partial charge in [-0.1, -0.05) is 0 Å². The maximum atomic E-state index is 11.2. The molecule has 0 unspecified atom stereocenters. The zero-order valence-corrected chi connectivity index (χ0v) is 14.4. The van der Waals surface area contributed by atoms with Gasteiger partial charge in [0.1, 0.15) is 0 Å². The Hall–Kier alpha value is -2.45. The third-order valence-electron chi connectivity index (χ3n) is 4.94. The maximum absolute atomic E-state index is 11.2. The Morgan fingerprint density at radius 3 is 2.40 bits per heavy atom. The molecule has 9 heteroatoms. The molecule has 2 saturated heterocycles. The van der Waals surface area contributed by atoms with Gasteiger partial charge in [0, 0.05) is 39.6 Å². The molecule has 134 valence electrons. The molecule has 9 nitrogen and oxygen atoms in total. The smallest absolute Gasteiger partial charge is 0.245 e. The molecule has 1 atom stereocenters. The average Bonchev–Trinajstić information content (AvgIpc) is 3.30. The quantitative estimate of drug-likeness (QED) is 0.875. The number of aromatic nitrogens is 4. The first-order valence-electron chi connectivity index (χ1n) is 8.95. The van der Waals surface area contributed by atoms with Crippen LogP contribution in [0.5, 0.6) is 0 Å². The van der Waals surface area contributed by atoms with Gasteiger partial charge in [-0.05, 0) is 41.9 Å². The van der Waals surface area contributed by atoms with Crippen molar-refractivity contribution in [3.8, 4) is 0 Å². The van der Waals surface area contributed by atoms with E-state index in [1.54, 1.807) is 6.92 Å². The summed E-state index contributed by atoms with van der Waals surface area (Å²) in [5, 5.41) is 10.6. The summed E-state index contributed by atoms with van der Waals surface area (Å²) in [7, 11) is 0. The first-order valence-corrected chi connectivity index (χ1v) is 8.95. The average molecular weight is 345 g/mol. The zero-order chi connectivity index (χ0) is 17.2. The highest BCUT2D eigenvalue weighted by Crippen LogP contribution is 2.32. The van der Waals surface area contributed by atoms with Crippen LogP contribution in [0.4, 0.5) is 11.6 Å². The minimum Gasteiger partial charge on any atom is -0.356 e. The number of nitrogens with zero attached hydrogens (tertiary/aromatic N) is 6. The minimum atomic E-state index is 0.0183. The van der Waals surface area contributed by atoms with Crippen LogP contribution >= 0.6 is 0 Å². The lowest BCUT2D eigenvalue weighted by Gasteiger charge is -2.35. The van der Waals surface area contributed by atoms with Crippen molar-refractivity contribution in [3.63, 3.8) is 0 Å². The molecule has 25 heavy (non-hydrogen) atoms. The van der Waals surface area contributed by atoms with Crippen LogP contribution in [0.25, 0.3) is 11.3 Å². The number of carbonyl (C=O) groups is 1. The summed E-state index contributed by atoms with van der Waals surface area (Å²) in [5.41, 5.74) is 0.902. The minimum absolute atomic E-state index is 0.0183. The number of anilines is 2. The highest BCUT2D eigenvalue weighted by molar-refractivity contribution is 5.75. The molecule has 4 heterocycles. The van der Waals surface area contributed by atoms with E-state index in [2.05, 4.69) is 30.4 Å². The molecule has 2 aliphatic heterocycles. The number of nitrogens with one attached hydrogen (secondary N) is 1. The molecule has 0 spiro atoms. The third-order valence-corrected chi connectivity index (χ3v) is 4.94. The lowest BCUT2D eigenvalue weighted by atomic mass is 9.98. The van der Waals surface area contributed by atoms with Gasteiger partial charge in [0.15, 0.2) is 11.6 Å². The molecule has 0 radical (unpaired) electrons. The Morgan fingerprint density at radius 2 is 1.72 bits per heavy atom. The first-order chi connectivity index (χ1) is 12.2. The van der Waals surface area contributed by atoms with Gasteiger partial charge in [-0.3, -0.25) is 4.79 Å². The summed E-state index contributed by atoms with van der Waals surface area (Å²) in [4.78, 5) is 25.1. The first kappa shape index (κ1) is 16.0. The number of piperidine rings is 1. The van der Waals surface area contributed by atoms with Crippen LogP contribution in [0.15, 0.2) is 4.63 Å². The molecule has 1 N–H and O–H groups in total. The highest BCUT2D eigenvalue weighted by Gasteiger charge is 2.28. The molecule has 2 aliphatic rings. The number of amides is 1. The molecule has 4 rings (SSSR count). The van der Waals surface area contributed by atoms with Gasteiger partial charge in [0.2, 0.25) is 17.2 Å². The van der Waals surface area contributed by atoms with E-state index in [0.717, 1.165) is 50.7 Å². The summed E-state index contributed by atoms with van der Waals surface area (Å²) >= 11 is 0. The SMILES string of the molecule is CC(=O)NC[C@@H]1CCCN(c2nc3nonc3nc2N2CCCC2)C1. The number of hydrogen-bond acceptors (Lipinski definition) is 8. The largest absolute Gasteiger partial charge is 0.356 e. The van der Waals surface area contributed by atoms with E-state index >= 15 is 0 Å². The van der Waals surface area contributed by atoms with E-state index in [0.29, 0.717) is 23.8 Å². The third kappa shape index (κ3) is 3.35. The Balaban J connectivity index is 1.62. The maximum Gasteiger partial charge on any atom is 0.245 e. The Morgan fingerprint density at radius 1 is 1.08 bits per heavy atom. The van der Waals surface area contributed by atoms with Gasteiger partial charge < -0.3 is 15.1 Å². The predicted octanol–water partition coefficient (Wildman–Crippen LogP) is 0.965. The van der Waals surface area contributed by atoms with Crippen molar-refractivity contribution < 1.29 is 9.42 Å². The van der Waals surface area contributed by atoms with Crippen LogP contribution < -0.4 is 15.1 Å². The molecule has 0 aromatic carbocycles. The zero-order valence-electron chi connectivity index (χ0n) is 14.4. The van der Waals surface area contributed by atoms with Crippen LogP contribution in [0, 0.1) is 5.92 Å². The van der Waals surface area contributed by atoms with Gasteiger partial charge >= 0.3 is 0 Å². The summed E-state index contributed by atoms with van der Waals surface area (Å²) in [6, 6.07) is 0. The van der Waals surface area contributed by atoms with Gasteiger partial charge in [-0.2, -0.15) is 0 Å². The number of rotatable bonds is 4. The molecular formula is C16H23N7O2. The van der Waals surface area contributed by atoms with Crippen molar-refractivity contribution in [1.29, 1.82) is 0 Å². The van der Waals surface area contributed by atoms with Gasteiger partial charge in [0.25, 0.3) is 0 Å². The standard InChI is InChI=1S/C16H23N7O2/c1-11(24)17-9-12-5-4-8-23(10-12)16-15(22-6-2-3-7-22)18-13-14(19-16)21-25-20-13/h12H,2-10H2,1H3,(H,17,24)/t12-/m0/s1. The van der Waals surface area contributed by atoms with E-state index < -0.39 is 0 Å². The number of fused-ring (bicyclic) bond motifs is 1. The lowest BCUT2D eigenvalue weighted by molar-refractivity contribution is -0.119. The second-order valence-electron chi connectivity index (χ2n) is 6.87. The molecule has 1 amide bonds. The topological polar surface area (TPSA) is 100 Å². The summed E-state index contributed by atoms with van der Waals surface area (Å²) < 4.78 is 4.80. The van der Waals surface area contributed by atoms with Crippen molar-refractivity contribution in [3.05, 3.63) is 0 Å². The monoisotopic (exact) mass is 345 g/mol. The van der Waals surface area contributed by atoms with E-state index in [4.69, 9.17) is 9.61 Å². The summed E-state index contributed by atoms with van der Waals surface area (Å²) in [6.07, 6.45) is 4.51. The molecule has 2 fully saturated rings. The molecule has 2 aromatic heterocycles. The van der Waals surface area contributed by atoms with Crippen LogP contribution in [-0.4, -0.2) is 58.9 Å². The van der Waals surface area contributed by atoms with E-state index in [1.165, 1.54) is 12.8 Å². The van der Waals surface area contributed by atoms with Gasteiger partial charge in [0.05, 0.1) is 0 Å². The van der Waals surface area contributed by atoms with Gasteiger partial charge in [-0.15, -0.1) is 0 Å². The van der Waals surface area contributed by atoms with E-state index in [-0.39, 0.29) is 5.91 Å². The second kappa shape index (κ2) is 6.81. The molecule has 0 aliphatic carbocycles. The Bertz CT molecular complexity index is 756. The van der Waals surface area contributed by atoms with Crippen molar-refractivity contribution in [2.75, 3.05) is 42.5 Å². The fourth-order valence-corrected chi connectivity index (χ4v) is 3.69. The van der Waals surface area contributed by atoms with Crippen molar-refractivity contribution in [2.24, 2.45) is 5.92 Å². The van der Waals surface area contributed by atoms with Crippen LogP contribution in [-0.2, 0) is 4.79 Å². The second-order valence-corrected chi connectivity index (χ2v) is 6.87. The normalized spacial score (nSPS) is 21.1. The Kier molecular flexibility index (Phi) is 4.37. The molecule has 0 saturated carbocycles. The molecule has 2 aromatic rings. The van der Waals surface area contributed by atoms with Crippen LogP contribution in [0.3, 0.4) is 0 Å². The van der Waals surface area contributed by atoms with Gasteiger partial charge in [-0.25, -0.2) is 14.6 Å². The predicted molar refractivity (Wildman–Crippen MR) is 92.5 cm³/mol. The fourth-order valence-electron chi connectivity index (χ4n) is 3.69. The fraction of sp³-hybridized carbons (Fsp3) is 0.688. The molecule has 0 bridgehead atoms. The lowest BCUT2D eigenvalue weighted by Crippen LogP contribution is -2.41. The van der Waals surface area contributed by atoms with Crippen molar-refractivity contribution >= 4 is 28.8 Å². The Labute approximate surface area is 145 Å². The number of hydrogen-bond donors (Lipinski definition) is 1. The summed E-state index contributed by atoms with van der Waals surface area (Å²) in [5.74, 6) is 2.17. The highest BCUT2D eigenvalue weighted by atomic mass is 16.6. The van der Waals surface area contributed by atoms with Crippen molar-refractivity contribution in [2.45, 2.75) is 32.6 Å². The van der Waals surface area contributed by atoms with E-state index in [1.807, 2.05) is 0 Å². The van der Waals surface area contributed by atoms with Crippen LogP contribution in [0.1, 0.15) is 32.6 Å². The van der Waals surface area contributed by atoms with Crippen molar-refractivity contribution in [1.82, 2.24) is 25.6 Å². The van der Waals surface area contributed by atoms with E-state index in [9.17, 15) is 4.79 Å².